The molecule has 1 heterocycles. The molecule has 1 aliphatic heterocycles. The number of aryl methyl sites for hydroxylation is 1. The van der Waals surface area contributed by atoms with Crippen molar-refractivity contribution in [3.05, 3.63) is 54.1 Å². The van der Waals surface area contributed by atoms with Gasteiger partial charge in [-0.3, -0.25) is 0 Å². The Morgan fingerprint density at radius 1 is 1.05 bits per heavy atom. The van der Waals surface area contributed by atoms with E-state index >= 15 is 0 Å². The van der Waals surface area contributed by atoms with Gasteiger partial charge in [-0.15, -0.1) is 0 Å². The standard InChI is InChI=1S/C18H21NO2/c1-14-2-4-15(5-3-14)16-6-8-17(9-7-16)21-13-18-12-19-10-11-20-18/h2-9,18-19H,10-13H2,1H3. The molecule has 0 radical (unpaired) electrons. The summed E-state index contributed by atoms with van der Waals surface area (Å²) < 4.78 is 11.4. The molecule has 0 spiro atoms. The summed E-state index contributed by atoms with van der Waals surface area (Å²) in [6, 6.07) is 16.8. The molecule has 0 amide bonds. The fourth-order valence-electron chi connectivity index (χ4n) is 2.41. The summed E-state index contributed by atoms with van der Waals surface area (Å²) in [5, 5.41) is 3.30. The Bertz CT molecular complexity index is 557. The minimum atomic E-state index is 0.149. The van der Waals surface area contributed by atoms with Crippen molar-refractivity contribution in [3.63, 3.8) is 0 Å². The lowest BCUT2D eigenvalue weighted by Crippen LogP contribution is -2.41. The first-order valence-corrected chi connectivity index (χ1v) is 7.43. The third-order valence-electron chi connectivity index (χ3n) is 3.68. The Balaban J connectivity index is 1.59. The predicted octanol–water partition coefficient (Wildman–Crippen LogP) is 3.03. The summed E-state index contributed by atoms with van der Waals surface area (Å²) in [5.41, 5.74) is 3.71. The lowest BCUT2D eigenvalue weighted by molar-refractivity contribution is 0.000198. The van der Waals surface area contributed by atoms with Gasteiger partial charge in [0.2, 0.25) is 0 Å². The molecule has 21 heavy (non-hydrogen) atoms. The Morgan fingerprint density at radius 3 is 2.33 bits per heavy atom. The zero-order valence-corrected chi connectivity index (χ0v) is 12.3. The zero-order chi connectivity index (χ0) is 14.5. The van der Waals surface area contributed by atoms with Crippen molar-refractivity contribution in [2.24, 2.45) is 0 Å². The number of morpholine rings is 1. The van der Waals surface area contributed by atoms with Gasteiger partial charge in [0.15, 0.2) is 0 Å². The number of nitrogens with one attached hydrogen (secondary N) is 1. The maximum Gasteiger partial charge on any atom is 0.119 e. The summed E-state index contributed by atoms with van der Waals surface area (Å²) in [5.74, 6) is 0.889. The molecular formula is C18H21NO2. The highest BCUT2D eigenvalue weighted by molar-refractivity contribution is 5.64. The predicted molar refractivity (Wildman–Crippen MR) is 84.7 cm³/mol. The molecule has 3 rings (SSSR count). The van der Waals surface area contributed by atoms with Gasteiger partial charge in [-0.05, 0) is 30.2 Å². The van der Waals surface area contributed by atoms with E-state index in [9.17, 15) is 0 Å². The van der Waals surface area contributed by atoms with Crippen LogP contribution >= 0.6 is 0 Å². The highest BCUT2D eigenvalue weighted by atomic mass is 16.5. The molecule has 0 saturated carbocycles. The topological polar surface area (TPSA) is 30.5 Å². The molecule has 2 aromatic rings. The highest BCUT2D eigenvalue weighted by Crippen LogP contribution is 2.22. The van der Waals surface area contributed by atoms with Crippen LogP contribution in [0.4, 0.5) is 0 Å². The van der Waals surface area contributed by atoms with Crippen molar-refractivity contribution in [1.82, 2.24) is 5.32 Å². The second kappa shape index (κ2) is 6.74. The average Bonchev–Trinajstić information content (AvgIpc) is 2.55. The van der Waals surface area contributed by atoms with Crippen LogP contribution in [-0.2, 0) is 4.74 Å². The van der Waals surface area contributed by atoms with Crippen molar-refractivity contribution < 1.29 is 9.47 Å². The van der Waals surface area contributed by atoms with Gasteiger partial charge in [-0.1, -0.05) is 42.0 Å². The molecule has 1 N–H and O–H groups in total. The van der Waals surface area contributed by atoms with E-state index in [4.69, 9.17) is 9.47 Å². The highest BCUT2D eigenvalue weighted by Gasteiger charge is 2.13. The summed E-state index contributed by atoms with van der Waals surface area (Å²) in [6.07, 6.45) is 0.149. The smallest absolute Gasteiger partial charge is 0.119 e. The normalized spacial score (nSPS) is 18.4. The Hall–Kier alpha value is -1.84. The largest absolute Gasteiger partial charge is 0.491 e. The molecule has 3 heteroatoms. The van der Waals surface area contributed by atoms with Gasteiger partial charge in [0.05, 0.1) is 6.61 Å². The van der Waals surface area contributed by atoms with Gasteiger partial charge in [-0.2, -0.15) is 0 Å². The van der Waals surface area contributed by atoms with Crippen molar-refractivity contribution in [1.29, 1.82) is 0 Å². The average molecular weight is 283 g/mol. The SMILES string of the molecule is Cc1ccc(-c2ccc(OCC3CNCCO3)cc2)cc1. The third kappa shape index (κ3) is 3.84. The van der Waals surface area contributed by atoms with E-state index < -0.39 is 0 Å². The van der Waals surface area contributed by atoms with Gasteiger partial charge in [0, 0.05) is 13.1 Å². The van der Waals surface area contributed by atoms with Gasteiger partial charge >= 0.3 is 0 Å². The van der Waals surface area contributed by atoms with Crippen molar-refractivity contribution >= 4 is 0 Å². The summed E-state index contributed by atoms with van der Waals surface area (Å²) >= 11 is 0. The first-order chi connectivity index (χ1) is 10.3. The fourth-order valence-corrected chi connectivity index (χ4v) is 2.41. The van der Waals surface area contributed by atoms with E-state index in [1.54, 1.807) is 0 Å². The van der Waals surface area contributed by atoms with Crippen LogP contribution in [0.3, 0.4) is 0 Å². The van der Waals surface area contributed by atoms with E-state index in [2.05, 4.69) is 48.6 Å². The number of ether oxygens (including phenoxy) is 2. The fraction of sp³-hybridized carbons (Fsp3) is 0.333. The van der Waals surface area contributed by atoms with E-state index in [0.29, 0.717) is 6.61 Å². The van der Waals surface area contributed by atoms with Crippen LogP contribution in [0.1, 0.15) is 5.56 Å². The van der Waals surface area contributed by atoms with Crippen LogP contribution in [0.5, 0.6) is 5.75 Å². The quantitative estimate of drug-likeness (QED) is 0.935. The van der Waals surface area contributed by atoms with E-state index in [1.807, 2.05) is 12.1 Å². The second-order valence-electron chi connectivity index (χ2n) is 5.40. The molecule has 1 aliphatic rings. The molecule has 1 saturated heterocycles. The molecular weight excluding hydrogens is 262 g/mol. The summed E-state index contributed by atoms with van der Waals surface area (Å²) in [4.78, 5) is 0. The Morgan fingerprint density at radius 2 is 1.71 bits per heavy atom. The number of hydrogen-bond donors (Lipinski definition) is 1. The monoisotopic (exact) mass is 283 g/mol. The van der Waals surface area contributed by atoms with Crippen LogP contribution in [0.2, 0.25) is 0 Å². The minimum Gasteiger partial charge on any atom is -0.491 e. The summed E-state index contributed by atoms with van der Waals surface area (Å²) in [7, 11) is 0. The third-order valence-corrected chi connectivity index (χ3v) is 3.68. The van der Waals surface area contributed by atoms with Gasteiger partial charge in [0.25, 0.3) is 0 Å². The molecule has 2 aromatic carbocycles. The van der Waals surface area contributed by atoms with E-state index in [1.165, 1.54) is 16.7 Å². The molecule has 0 aliphatic carbocycles. The number of rotatable bonds is 4. The number of hydrogen-bond acceptors (Lipinski definition) is 3. The zero-order valence-electron chi connectivity index (χ0n) is 12.3. The minimum absolute atomic E-state index is 0.149. The van der Waals surface area contributed by atoms with Crippen LogP contribution in [0.15, 0.2) is 48.5 Å². The van der Waals surface area contributed by atoms with Crippen LogP contribution in [0.25, 0.3) is 11.1 Å². The van der Waals surface area contributed by atoms with Crippen LogP contribution < -0.4 is 10.1 Å². The Labute approximate surface area is 125 Å². The van der Waals surface area contributed by atoms with Crippen LogP contribution in [-0.4, -0.2) is 32.4 Å². The molecule has 1 atom stereocenters. The molecule has 1 unspecified atom stereocenters. The Kier molecular flexibility index (Phi) is 4.53. The lowest BCUT2D eigenvalue weighted by Gasteiger charge is -2.23. The first-order valence-electron chi connectivity index (χ1n) is 7.43. The number of benzene rings is 2. The first kappa shape index (κ1) is 14.1. The van der Waals surface area contributed by atoms with Gasteiger partial charge in [-0.25, -0.2) is 0 Å². The van der Waals surface area contributed by atoms with Crippen molar-refractivity contribution in [3.8, 4) is 16.9 Å². The van der Waals surface area contributed by atoms with E-state index in [0.717, 1.165) is 25.4 Å². The molecule has 0 aromatic heterocycles. The lowest BCUT2D eigenvalue weighted by atomic mass is 10.0. The maximum atomic E-state index is 5.79. The summed E-state index contributed by atoms with van der Waals surface area (Å²) in [6.45, 7) is 5.25. The maximum absolute atomic E-state index is 5.79. The second-order valence-corrected chi connectivity index (χ2v) is 5.40. The molecule has 110 valence electrons. The van der Waals surface area contributed by atoms with Crippen molar-refractivity contribution in [2.45, 2.75) is 13.0 Å². The molecule has 0 bridgehead atoms. The van der Waals surface area contributed by atoms with Gasteiger partial charge < -0.3 is 14.8 Å². The molecule has 3 nitrogen and oxygen atoms in total. The van der Waals surface area contributed by atoms with Gasteiger partial charge in [0.1, 0.15) is 18.5 Å². The van der Waals surface area contributed by atoms with Crippen LogP contribution in [0, 0.1) is 6.92 Å². The van der Waals surface area contributed by atoms with E-state index in [-0.39, 0.29) is 6.10 Å². The van der Waals surface area contributed by atoms with Crippen molar-refractivity contribution in [2.75, 3.05) is 26.3 Å². The molecule has 1 fully saturated rings.